The van der Waals surface area contributed by atoms with E-state index in [1.165, 1.54) is 12.1 Å². The maximum absolute atomic E-state index is 12.7. The van der Waals surface area contributed by atoms with Crippen molar-refractivity contribution >= 4 is 15.9 Å². The second kappa shape index (κ2) is 9.14. The van der Waals surface area contributed by atoms with Crippen molar-refractivity contribution in [2.45, 2.75) is 24.7 Å². The maximum atomic E-state index is 12.7. The zero-order chi connectivity index (χ0) is 19.3. The molecule has 0 bridgehead atoms. The highest BCUT2D eigenvalue weighted by Crippen LogP contribution is 2.23. The molecule has 0 radical (unpaired) electrons. The van der Waals surface area contributed by atoms with E-state index >= 15 is 0 Å². The summed E-state index contributed by atoms with van der Waals surface area (Å²) in [5.41, 5.74) is 0.475. The number of nitrogens with zero attached hydrogens (tertiary/aromatic N) is 2. The largest absolute Gasteiger partial charge is 0.379 e. The number of hydrogen-bond acceptors (Lipinski definition) is 5. The lowest BCUT2D eigenvalue weighted by atomic mass is 10.0. The summed E-state index contributed by atoms with van der Waals surface area (Å²) in [5.74, 6) is 0.388. The Morgan fingerprint density at radius 2 is 1.74 bits per heavy atom. The number of amides is 1. The van der Waals surface area contributed by atoms with Gasteiger partial charge in [0, 0.05) is 44.8 Å². The molecule has 1 amide bonds. The van der Waals surface area contributed by atoms with Gasteiger partial charge in [-0.3, -0.25) is 9.69 Å². The van der Waals surface area contributed by atoms with Crippen molar-refractivity contribution in [1.29, 1.82) is 0 Å². The van der Waals surface area contributed by atoms with Gasteiger partial charge in [0.25, 0.3) is 5.91 Å². The van der Waals surface area contributed by atoms with Crippen LogP contribution in [0.2, 0.25) is 0 Å². The average molecular weight is 396 g/mol. The van der Waals surface area contributed by atoms with Gasteiger partial charge in [-0.15, -0.1) is 0 Å². The Morgan fingerprint density at radius 3 is 2.37 bits per heavy atom. The van der Waals surface area contributed by atoms with Crippen LogP contribution in [-0.2, 0) is 14.8 Å². The SMILES string of the molecule is CC1CCN(S(=O)(=O)c2ccc(C(=O)NCCN3CCOCC3)cc2)CC1. The molecule has 8 heteroatoms. The molecule has 7 nitrogen and oxygen atoms in total. The summed E-state index contributed by atoms with van der Waals surface area (Å²) in [4.78, 5) is 14.8. The zero-order valence-electron chi connectivity index (χ0n) is 15.9. The molecule has 2 aliphatic heterocycles. The summed E-state index contributed by atoms with van der Waals surface area (Å²) in [6.45, 7) is 7.87. The first-order chi connectivity index (χ1) is 13.0. The standard InChI is InChI=1S/C19H29N3O4S/c1-16-6-9-22(10-7-16)27(24,25)18-4-2-17(3-5-18)19(23)20-8-11-21-12-14-26-15-13-21/h2-5,16H,6-15H2,1H3,(H,20,23). The summed E-state index contributed by atoms with van der Waals surface area (Å²) in [7, 11) is -3.48. The fourth-order valence-electron chi connectivity index (χ4n) is 3.41. The van der Waals surface area contributed by atoms with Gasteiger partial charge in [0.05, 0.1) is 18.1 Å². The molecule has 27 heavy (non-hydrogen) atoms. The quantitative estimate of drug-likeness (QED) is 0.782. The second-order valence-corrected chi connectivity index (χ2v) is 9.26. The molecular weight excluding hydrogens is 366 g/mol. The Labute approximate surface area is 161 Å². The van der Waals surface area contributed by atoms with Crippen molar-refractivity contribution in [2.75, 3.05) is 52.5 Å². The Kier molecular flexibility index (Phi) is 6.86. The summed E-state index contributed by atoms with van der Waals surface area (Å²) < 4.78 is 32.3. The molecule has 1 aromatic carbocycles. The van der Waals surface area contributed by atoms with E-state index in [4.69, 9.17) is 4.74 Å². The van der Waals surface area contributed by atoms with Crippen molar-refractivity contribution in [3.8, 4) is 0 Å². The molecule has 2 aliphatic rings. The molecule has 0 aromatic heterocycles. The molecule has 0 aliphatic carbocycles. The lowest BCUT2D eigenvalue weighted by molar-refractivity contribution is 0.0383. The van der Waals surface area contributed by atoms with Crippen LogP contribution in [0.25, 0.3) is 0 Å². The molecular formula is C19H29N3O4S. The van der Waals surface area contributed by atoms with E-state index in [0.717, 1.165) is 45.7 Å². The van der Waals surface area contributed by atoms with E-state index in [1.807, 2.05) is 0 Å². The smallest absolute Gasteiger partial charge is 0.251 e. The topological polar surface area (TPSA) is 79.0 Å². The third-order valence-corrected chi connectivity index (χ3v) is 7.23. The Balaban J connectivity index is 1.53. The molecule has 1 N–H and O–H groups in total. The summed E-state index contributed by atoms with van der Waals surface area (Å²) in [6, 6.07) is 6.24. The fraction of sp³-hybridized carbons (Fsp3) is 0.632. The van der Waals surface area contributed by atoms with Crippen LogP contribution in [-0.4, -0.2) is 76.0 Å². The zero-order valence-corrected chi connectivity index (χ0v) is 16.7. The van der Waals surface area contributed by atoms with E-state index in [9.17, 15) is 13.2 Å². The van der Waals surface area contributed by atoms with Crippen LogP contribution in [0.3, 0.4) is 0 Å². The number of sulfonamides is 1. The molecule has 3 rings (SSSR count). The lowest BCUT2D eigenvalue weighted by Crippen LogP contribution is -2.41. The minimum atomic E-state index is -3.48. The lowest BCUT2D eigenvalue weighted by Gasteiger charge is -2.29. The van der Waals surface area contributed by atoms with Crippen LogP contribution in [0.5, 0.6) is 0 Å². The van der Waals surface area contributed by atoms with Gasteiger partial charge >= 0.3 is 0 Å². The van der Waals surface area contributed by atoms with Gasteiger partial charge in [0.1, 0.15) is 0 Å². The van der Waals surface area contributed by atoms with E-state index in [0.29, 0.717) is 31.1 Å². The number of benzene rings is 1. The summed E-state index contributed by atoms with van der Waals surface area (Å²) >= 11 is 0. The Morgan fingerprint density at radius 1 is 1.11 bits per heavy atom. The van der Waals surface area contributed by atoms with Crippen LogP contribution in [0.4, 0.5) is 0 Å². The highest BCUT2D eigenvalue weighted by molar-refractivity contribution is 7.89. The van der Waals surface area contributed by atoms with Gasteiger partial charge in [0.15, 0.2) is 0 Å². The van der Waals surface area contributed by atoms with Crippen LogP contribution in [0.15, 0.2) is 29.2 Å². The van der Waals surface area contributed by atoms with Crippen molar-refractivity contribution < 1.29 is 17.9 Å². The first-order valence-corrected chi connectivity index (χ1v) is 11.1. The molecule has 2 fully saturated rings. The molecule has 150 valence electrons. The van der Waals surface area contributed by atoms with Gasteiger partial charge in [0.2, 0.25) is 10.0 Å². The first-order valence-electron chi connectivity index (χ1n) is 9.65. The van der Waals surface area contributed by atoms with E-state index < -0.39 is 10.0 Å². The number of carbonyl (C=O) groups excluding carboxylic acids is 1. The number of rotatable bonds is 6. The summed E-state index contributed by atoms with van der Waals surface area (Å²) in [6.07, 6.45) is 1.78. The van der Waals surface area contributed by atoms with Crippen molar-refractivity contribution in [3.63, 3.8) is 0 Å². The second-order valence-electron chi connectivity index (χ2n) is 7.32. The number of nitrogens with one attached hydrogen (secondary N) is 1. The number of carbonyl (C=O) groups is 1. The maximum Gasteiger partial charge on any atom is 0.251 e. The van der Waals surface area contributed by atoms with Gasteiger partial charge in [-0.2, -0.15) is 4.31 Å². The molecule has 1 aromatic rings. The minimum Gasteiger partial charge on any atom is -0.379 e. The summed E-state index contributed by atoms with van der Waals surface area (Å²) in [5, 5.41) is 2.89. The van der Waals surface area contributed by atoms with Gasteiger partial charge < -0.3 is 10.1 Å². The molecule has 2 saturated heterocycles. The van der Waals surface area contributed by atoms with Crippen molar-refractivity contribution in [3.05, 3.63) is 29.8 Å². The predicted octanol–water partition coefficient (Wildman–Crippen LogP) is 1.17. The number of morpholine rings is 1. The average Bonchev–Trinajstić information content (AvgIpc) is 2.69. The normalized spacial score (nSPS) is 20.5. The highest BCUT2D eigenvalue weighted by Gasteiger charge is 2.28. The van der Waals surface area contributed by atoms with Gasteiger partial charge in [-0.05, 0) is 43.0 Å². The number of piperidine rings is 1. The first kappa shape index (κ1) is 20.3. The monoisotopic (exact) mass is 395 g/mol. The molecule has 0 unspecified atom stereocenters. The molecule has 2 heterocycles. The van der Waals surface area contributed by atoms with Gasteiger partial charge in [-0.1, -0.05) is 6.92 Å². The Bertz CT molecular complexity index is 722. The van der Waals surface area contributed by atoms with Crippen LogP contribution in [0.1, 0.15) is 30.1 Å². The van der Waals surface area contributed by atoms with Crippen molar-refractivity contribution in [1.82, 2.24) is 14.5 Å². The van der Waals surface area contributed by atoms with Gasteiger partial charge in [-0.25, -0.2) is 8.42 Å². The van der Waals surface area contributed by atoms with Crippen LogP contribution >= 0.6 is 0 Å². The number of ether oxygens (including phenoxy) is 1. The highest BCUT2D eigenvalue weighted by atomic mass is 32.2. The van der Waals surface area contributed by atoms with E-state index in [2.05, 4.69) is 17.1 Å². The van der Waals surface area contributed by atoms with E-state index in [-0.39, 0.29) is 10.8 Å². The third-order valence-electron chi connectivity index (χ3n) is 5.31. The molecule has 0 saturated carbocycles. The molecule has 0 atom stereocenters. The van der Waals surface area contributed by atoms with Crippen LogP contribution < -0.4 is 5.32 Å². The predicted molar refractivity (Wildman–Crippen MR) is 103 cm³/mol. The Hall–Kier alpha value is -1.48. The molecule has 0 spiro atoms. The van der Waals surface area contributed by atoms with Crippen molar-refractivity contribution in [2.24, 2.45) is 5.92 Å². The van der Waals surface area contributed by atoms with E-state index in [1.54, 1.807) is 16.4 Å². The fourth-order valence-corrected chi connectivity index (χ4v) is 4.88. The minimum absolute atomic E-state index is 0.181. The number of hydrogen-bond donors (Lipinski definition) is 1. The van der Waals surface area contributed by atoms with Crippen LogP contribution in [0, 0.1) is 5.92 Å². The third kappa shape index (κ3) is 5.28.